The Labute approximate surface area is 147 Å². The molecule has 1 amide bonds. The lowest BCUT2D eigenvalue weighted by Crippen LogP contribution is -2.40. The molecule has 0 spiro atoms. The number of carbonyl (C=O) groups excluding carboxylic acids is 1. The number of primary amides is 1. The summed E-state index contributed by atoms with van der Waals surface area (Å²) in [6, 6.07) is 6.07. The molecule has 0 bridgehead atoms. The van der Waals surface area contributed by atoms with Crippen molar-refractivity contribution in [2.24, 2.45) is 5.73 Å². The minimum absolute atomic E-state index is 0.157. The van der Waals surface area contributed by atoms with E-state index in [1.54, 1.807) is 12.1 Å². The van der Waals surface area contributed by atoms with Gasteiger partial charge in [-0.25, -0.2) is 9.67 Å². The molecule has 1 atom stereocenters. The van der Waals surface area contributed by atoms with Gasteiger partial charge in [-0.1, -0.05) is 12.1 Å². The minimum Gasteiger partial charge on any atom is -0.375 e. The number of hydrogen-bond acceptors (Lipinski definition) is 5. The number of alkyl halides is 3. The van der Waals surface area contributed by atoms with E-state index in [9.17, 15) is 18.0 Å². The Morgan fingerprint density at radius 1 is 1.35 bits per heavy atom. The van der Waals surface area contributed by atoms with Crippen LogP contribution in [-0.4, -0.2) is 52.6 Å². The molecule has 1 fully saturated rings. The van der Waals surface area contributed by atoms with Gasteiger partial charge in [0, 0.05) is 30.6 Å². The third kappa shape index (κ3) is 4.58. The van der Waals surface area contributed by atoms with E-state index in [0.717, 1.165) is 4.68 Å². The number of carbonyl (C=O) groups is 1. The van der Waals surface area contributed by atoms with Crippen molar-refractivity contribution in [1.82, 2.24) is 20.1 Å². The van der Waals surface area contributed by atoms with E-state index >= 15 is 0 Å². The molecule has 1 aliphatic rings. The fraction of sp³-hybridized carbons (Fsp3) is 0.438. The minimum atomic E-state index is -4.42. The first-order valence-electron chi connectivity index (χ1n) is 8.05. The fourth-order valence-corrected chi connectivity index (χ4v) is 2.68. The van der Waals surface area contributed by atoms with Crippen LogP contribution in [0.4, 0.5) is 13.2 Å². The van der Waals surface area contributed by atoms with Crippen LogP contribution in [0, 0.1) is 0 Å². The number of rotatable bonds is 5. The molecule has 1 saturated heterocycles. The summed E-state index contributed by atoms with van der Waals surface area (Å²) >= 11 is 0. The summed E-state index contributed by atoms with van der Waals surface area (Å²) in [5.74, 6) is -0.233. The standard InChI is InChI=1S/C16H18F3N5O2/c17-16(18,19)9-24-13(7-12-8-21-5-6-26-12)22-15(23-24)11-3-1-10(2-4-11)14(20)25/h1-4,12,21H,5-9H2,(H2,20,25)/t12-/m0/s1. The maximum atomic E-state index is 12.9. The van der Waals surface area contributed by atoms with Gasteiger partial charge < -0.3 is 15.8 Å². The van der Waals surface area contributed by atoms with Crippen LogP contribution in [0.3, 0.4) is 0 Å². The van der Waals surface area contributed by atoms with E-state index in [1.165, 1.54) is 12.1 Å². The molecule has 10 heteroatoms. The molecule has 1 aromatic heterocycles. The third-order valence-electron chi connectivity index (χ3n) is 3.92. The molecule has 26 heavy (non-hydrogen) atoms. The average molecular weight is 369 g/mol. The maximum Gasteiger partial charge on any atom is 0.408 e. The smallest absolute Gasteiger partial charge is 0.375 e. The number of morpholine rings is 1. The van der Waals surface area contributed by atoms with E-state index in [2.05, 4.69) is 15.4 Å². The zero-order valence-corrected chi connectivity index (χ0v) is 13.8. The molecular weight excluding hydrogens is 351 g/mol. The van der Waals surface area contributed by atoms with Crippen LogP contribution >= 0.6 is 0 Å². The van der Waals surface area contributed by atoms with Crippen LogP contribution in [0.25, 0.3) is 11.4 Å². The van der Waals surface area contributed by atoms with Crippen molar-refractivity contribution in [1.29, 1.82) is 0 Å². The fourth-order valence-electron chi connectivity index (χ4n) is 2.68. The van der Waals surface area contributed by atoms with Crippen molar-refractivity contribution in [3.8, 4) is 11.4 Å². The number of hydrogen-bond donors (Lipinski definition) is 2. The number of benzene rings is 1. The molecule has 2 heterocycles. The number of halogens is 3. The lowest BCUT2D eigenvalue weighted by Gasteiger charge is -2.23. The Balaban J connectivity index is 1.87. The first kappa shape index (κ1) is 18.3. The zero-order chi connectivity index (χ0) is 18.7. The van der Waals surface area contributed by atoms with Gasteiger partial charge >= 0.3 is 6.18 Å². The first-order valence-corrected chi connectivity index (χ1v) is 8.05. The van der Waals surface area contributed by atoms with E-state index < -0.39 is 18.6 Å². The van der Waals surface area contributed by atoms with Gasteiger partial charge in [0.15, 0.2) is 5.82 Å². The predicted octanol–water partition coefficient (Wildman–Crippen LogP) is 1.14. The maximum absolute atomic E-state index is 12.9. The molecule has 140 valence electrons. The quantitative estimate of drug-likeness (QED) is 0.824. The summed E-state index contributed by atoms with van der Waals surface area (Å²) < 4.78 is 45.0. The molecule has 2 aromatic rings. The molecule has 1 aromatic carbocycles. The Bertz CT molecular complexity index is 767. The van der Waals surface area contributed by atoms with Crippen molar-refractivity contribution in [2.75, 3.05) is 19.7 Å². The Kier molecular flexibility index (Phi) is 5.23. The van der Waals surface area contributed by atoms with Gasteiger partial charge in [0.1, 0.15) is 12.4 Å². The highest BCUT2D eigenvalue weighted by atomic mass is 19.4. The first-order chi connectivity index (χ1) is 12.3. The largest absolute Gasteiger partial charge is 0.408 e. The lowest BCUT2D eigenvalue weighted by atomic mass is 10.1. The summed E-state index contributed by atoms with van der Waals surface area (Å²) in [6.45, 7) is 0.527. The van der Waals surface area contributed by atoms with E-state index in [4.69, 9.17) is 10.5 Å². The van der Waals surface area contributed by atoms with E-state index in [0.29, 0.717) is 30.8 Å². The molecule has 7 nitrogen and oxygen atoms in total. The lowest BCUT2D eigenvalue weighted by molar-refractivity contribution is -0.143. The van der Waals surface area contributed by atoms with Crippen molar-refractivity contribution in [2.45, 2.75) is 25.2 Å². The number of ether oxygens (including phenoxy) is 1. The topological polar surface area (TPSA) is 95.1 Å². The van der Waals surface area contributed by atoms with Crippen LogP contribution in [0.1, 0.15) is 16.2 Å². The Morgan fingerprint density at radius 3 is 2.65 bits per heavy atom. The number of nitrogens with zero attached hydrogens (tertiary/aromatic N) is 3. The summed E-state index contributed by atoms with van der Waals surface area (Å²) in [5, 5.41) is 7.13. The van der Waals surface area contributed by atoms with Gasteiger partial charge in [-0.05, 0) is 12.1 Å². The highest BCUT2D eigenvalue weighted by Gasteiger charge is 2.31. The van der Waals surface area contributed by atoms with Crippen molar-refractivity contribution < 1.29 is 22.7 Å². The number of amides is 1. The van der Waals surface area contributed by atoms with Crippen molar-refractivity contribution in [3.63, 3.8) is 0 Å². The van der Waals surface area contributed by atoms with Crippen molar-refractivity contribution in [3.05, 3.63) is 35.7 Å². The van der Waals surface area contributed by atoms with Gasteiger partial charge in [-0.3, -0.25) is 4.79 Å². The molecule has 0 aliphatic carbocycles. The van der Waals surface area contributed by atoms with Crippen LogP contribution in [-0.2, 0) is 17.7 Å². The predicted molar refractivity (Wildman–Crippen MR) is 86.3 cm³/mol. The second kappa shape index (κ2) is 7.42. The van der Waals surface area contributed by atoms with Gasteiger partial charge in [0.2, 0.25) is 5.91 Å². The van der Waals surface area contributed by atoms with Crippen LogP contribution < -0.4 is 11.1 Å². The molecule has 3 N–H and O–H groups in total. The summed E-state index contributed by atoms with van der Waals surface area (Å²) in [6.07, 6.45) is -4.46. The molecule has 0 radical (unpaired) electrons. The molecular formula is C16H18F3N5O2. The number of nitrogens with two attached hydrogens (primary N) is 1. The number of nitrogens with one attached hydrogen (secondary N) is 1. The normalized spacial score (nSPS) is 18.0. The molecule has 0 unspecified atom stereocenters. The van der Waals surface area contributed by atoms with Gasteiger partial charge in [0.25, 0.3) is 0 Å². The average Bonchev–Trinajstić information content (AvgIpc) is 2.96. The number of aromatic nitrogens is 3. The van der Waals surface area contributed by atoms with Gasteiger partial charge in [-0.15, -0.1) is 0 Å². The van der Waals surface area contributed by atoms with E-state index in [-0.39, 0.29) is 24.2 Å². The molecule has 0 saturated carbocycles. The van der Waals surface area contributed by atoms with Crippen LogP contribution in [0.2, 0.25) is 0 Å². The highest BCUT2D eigenvalue weighted by Crippen LogP contribution is 2.22. The monoisotopic (exact) mass is 369 g/mol. The Morgan fingerprint density at radius 2 is 2.08 bits per heavy atom. The van der Waals surface area contributed by atoms with E-state index in [1.807, 2.05) is 0 Å². The van der Waals surface area contributed by atoms with Crippen molar-refractivity contribution >= 4 is 5.91 Å². The summed E-state index contributed by atoms with van der Waals surface area (Å²) in [5.41, 5.74) is 5.98. The summed E-state index contributed by atoms with van der Waals surface area (Å²) in [7, 11) is 0. The third-order valence-corrected chi connectivity index (χ3v) is 3.92. The zero-order valence-electron chi connectivity index (χ0n) is 13.8. The van der Waals surface area contributed by atoms with Crippen LogP contribution in [0.5, 0.6) is 0 Å². The SMILES string of the molecule is NC(=O)c1ccc(-c2nc(C[C@H]3CNCCO3)n(CC(F)(F)F)n2)cc1. The van der Waals surface area contributed by atoms with Gasteiger partial charge in [0.05, 0.1) is 12.7 Å². The second-order valence-corrected chi connectivity index (χ2v) is 5.97. The van der Waals surface area contributed by atoms with Crippen LogP contribution in [0.15, 0.2) is 24.3 Å². The highest BCUT2D eigenvalue weighted by molar-refractivity contribution is 5.93. The summed E-state index contributed by atoms with van der Waals surface area (Å²) in [4.78, 5) is 15.4. The second-order valence-electron chi connectivity index (χ2n) is 5.97. The molecule has 3 rings (SSSR count). The van der Waals surface area contributed by atoms with Gasteiger partial charge in [-0.2, -0.15) is 18.3 Å². The Hall–Kier alpha value is -2.46. The molecule has 1 aliphatic heterocycles.